The lowest BCUT2D eigenvalue weighted by atomic mass is 10.1. The molecular formula is C16H20N4S. The number of hydrogen-bond acceptors (Lipinski definition) is 4. The zero-order valence-electron chi connectivity index (χ0n) is 12.0. The largest absolute Gasteiger partial charge is 0.326 e. The number of aromatic nitrogens is 3. The smallest absolute Gasteiger partial charge is 0.191 e. The molecule has 1 heterocycles. The third-order valence-electron chi connectivity index (χ3n) is 4.17. The molecule has 1 aromatic heterocycles. The maximum absolute atomic E-state index is 5.64. The lowest BCUT2D eigenvalue weighted by Crippen LogP contribution is -2.02. The lowest BCUT2D eigenvalue weighted by Gasteiger charge is -2.08. The van der Waals surface area contributed by atoms with Crippen molar-refractivity contribution in [3.05, 3.63) is 41.2 Å². The standard InChI is InChI=1S/C16H20N4S/c17-9-11-1-3-12(4-2-11)10-21-16-19-18-15(13-5-6-13)20(16)14-7-8-14/h1-4,13-14H,5-10,17H2. The van der Waals surface area contributed by atoms with Gasteiger partial charge in [-0.3, -0.25) is 0 Å². The summed E-state index contributed by atoms with van der Waals surface area (Å²) in [5, 5.41) is 10.00. The zero-order chi connectivity index (χ0) is 14.2. The summed E-state index contributed by atoms with van der Waals surface area (Å²) in [7, 11) is 0. The predicted molar refractivity (Wildman–Crippen MR) is 84.2 cm³/mol. The quantitative estimate of drug-likeness (QED) is 0.832. The molecule has 4 rings (SSSR count). The average Bonchev–Trinajstić information content (AvgIpc) is 3.44. The molecule has 2 N–H and O–H groups in total. The minimum atomic E-state index is 0.605. The van der Waals surface area contributed by atoms with Gasteiger partial charge in [-0.2, -0.15) is 0 Å². The van der Waals surface area contributed by atoms with E-state index in [-0.39, 0.29) is 0 Å². The predicted octanol–water partition coefficient (Wildman–Crippen LogP) is 3.24. The van der Waals surface area contributed by atoms with Crippen molar-refractivity contribution in [1.82, 2.24) is 14.8 Å². The Morgan fingerprint density at radius 3 is 2.38 bits per heavy atom. The molecule has 4 nitrogen and oxygen atoms in total. The molecule has 2 aliphatic rings. The number of nitrogens with two attached hydrogens (primary N) is 1. The molecule has 2 aromatic rings. The fourth-order valence-corrected chi connectivity index (χ4v) is 3.57. The van der Waals surface area contributed by atoms with Gasteiger partial charge in [-0.05, 0) is 36.8 Å². The first-order valence-electron chi connectivity index (χ1n) is 7.70. The molecule has 0 bridgehead atoms. The molecule has 2 aliphatic carbocycles. The summed E-state index contributed by atoms with van der Waals surface area (Å²) in [6.07, 6.45) is 5.15. The third-order valence-corrected chi connectivity index (χ3v) is 5.19. The molecule has 0 spiro atoms. The molecule has 0 radical (unpaired) electrons. The first-order valence-corrected chi connectivity index (χ1v) is 8.69. The van der Waals surface area contributed by atoms with Crippen molar-refractivity contribution in [3.63, 3.8) is 0 Å². The van der Waals surface area contributed by atoms with Crippen LogP contribution in [0, 0.1) is 0 Å². The van der Waals surface area contributed by atoms with Crippen LogP contribution in [0.15, 0.2) is 29.4 Å². The van der Waals surface area contributed by atoms with Gasteiger partial charge < -0.3 is 10.3 Å². The van der Waals surface area contributed by atoms with Gasteiger partial charge in [0, 0.05) is 24.3 Å². The van der Waals surface area contributed by atoms with Gasteiger partial charge in [0.25, 0.3) is 0 Å². The normalized spacial score (nSPS) is 18.1. The number of nitrogens with zero attached hydrogens (tertiary/aromatic N) is 3. The van der Waals surface area contributed by atoms with E-state index in [4.69, 9.17) is 5.73 Å². The highest BCUT2D eigenvalue weighted by molar-refractivity contribution is 7.98. The average molecular weight is 300 g/mol. The highest BCUT2D eigenvalue weighted by Gasteiger charge is 2.36. The molecule has 2 fully saturated rings. The van der Waals surface area contributed by atoms with Gasteiger partial charge in [0.1, 0.15) is 5.82 Å². The van der Waals surface area contributed by atoms with E-state index in [0.717, 1.165) is 10.9 Å². The second kappa shape index (κ2) is 5.46. The zero-order valence-corrected chi connectivity index (χ0v) is 12.9. The first kappa shape index (κ1) is 13.3. The number of benzene rings is 1. The Labute approximate surface area is 129 Å². The van der Waals surface area contributed by atoms with Crippen molar-refractivity contribution in [3.8, 4) is 0 Å². The fourth-order valence-electron chi connectivity index (χ4n) is 2.60. The highest BCUT2D eigenvalue weighted by Crippen LogP contribution is 2.46. The van der Waals surface area contributed by atoms with Gasteiger partial charge in [0.2, 0.25) is 0 Å². The van der Waals surface area contributed by atoms with Crippen molar-refractivity contribution in [2.75, 3.05) is 0 Å². The number of thioether (sulfide) groups is 1. The maximum Gasteiger partial charge on any atom is 0.191 e. The Morgan fingerprint density at radius 1 is 1.05 bits per heavy atom. The van der Waals surface area contributed by atoms with Crippen LogP contribution in [-0.2, 0) is 12.3 Å². The molecule has 0 atom stereocenters. The Bertz CT molecular complexity index is 626. The van der Waals surface area contributed by atoms with Crippen LogP contribution in [0.4, 0.5) is 0 Å². The summed E-state index contributed by atoms with van der Waals surface area (Å²) in [6, 6.07) is 9.20. The Balaban J connectivity index is 1.48. The van der Waals surface area contributed by atoms with Crippen LogP contribution in [0.25, 0.3) is 0 Å². The molecule has 2 saturated carbocycles. The van der Waals surface area contributed by atoms with Crippen molar-refractivity contribution < 1.29 is 0 Å². The van der Waals surface area contributed by atoms with E-state index in [1.807, 2.05) is 0 Å². The van der Waals surface area contributed by atoms with Crippen molar-refractivity contribution in [1.29, 1.82) is 0 Å². The lowest BCUT2D eigenvalue weighted by molar-refractivity contribution is 0.627. The van der Waals surface area contributed by atoms with E-state index in [2.05, 4.69) is 39.0 Å². The molecule has 0 unspecified atom stereocenters. The molecule has 0 amide bonds. The SMILES string of the molecule is NCc1ccc(CSc2nnc(C3CC3)n2C2CC2)cc1. The second-order valence-corrected chi connectivity index (χ2v) is 6.97. The summed E-state index contributed by atoms with van der Waals surface area (Å²) >= 11 is 1.81. The van der Waals surface area contributed by atoms with Crippen LogP contribution in [0.1, 0.15) is 54.6 Å². The van der Waals surface area contributed by atoms with Crippen LogP contribution >= 0.6 is 11.8 Å². The third kappa shape index (κ3) is 2.85. The Kier molecular flexibility index (Phi) is 3.47. The molecule has 0 aliphatic heterocycles. The fraction of sp³-hybridized carbons (Fsp3) is 0.500. The van der Waals surface area contributed by atoms with E-state index in [1.54, 1.807) is 11.8 Å². The summed E-state index contributed by atoms with van der Waals surface area (Å²) in [5.41, 5.74) is 8.13. The van der Waals surface area contributed by atoms with Crippen molar-refractivity contribution in [2.24, 2.45) is 5.73 Å². The minimum Gasteiger partial charge on any atom is -0.326 e. The summed E-state index contributed by atoms with van der Waals surface area (Å²) < 4.78 is 2.41. The molecule has 110 valence electrons. The molecule has 0 saturated heterocycles. The Hall–Kier alpha value is -1.33. The molecule has 1 aromatic carbocycles. The van der Waals surface area contributed by atoms with Gasteiger partial charge in [0.05, 0.1) is 0 Å². The number of rotatable bonds is 6. The van der Waals surface area contributed by atoms with Crippen molar-refractivity contribution in [2.45, 2.75) is 55.1 Å². The van der Waals surface area contributed by atoms with Crippen molar-refractivity contribution >= 4 is 11.8 Å². The van der Waals surface area contributed by atoms with E-state index < -0.39 is 0 Å². The summed E-state index contributed by atoms with van der Waals surface area (Å²) in [5.74, 6) is 2.86. The number of hydrogen-bond donors (Lipinski definition) is 1. The summed E-state index contributed by atoms with van der Waals surface area (Å²) in [6.45, 7) is 0.605. The van der Waals surface area contributed by atoms with Gasteiger partial charge in [-0.1, -0.05) is 36.0 Å². The molecule has 5 heteroatoms. The summed E-state index contributed by atoms with van der Waals surface area (Å²) in [4.78, 5) is 0. The van der Waals surface area contributed by atoms with Crippen LogP contribution in [0.5, 0.6) is 0 Å². The van der Waals surface area contributed by atoms with Crippen LogP contribution in [0.2, 0.25) is 0 Å². The van der Waals surface area contributed by atoms with Crippen LogP contribution in [0.3, 0.4) is 0 Å². The van der Waals surface area contributed by atoms with E-state index in [9.17, 15) is 0 Å². The van der Waals surface area contributed by atoms with Crippen LogP contribution < -0.4 is 5.73 Å². The van der Waals surface area contributed by atoms with Gasteiger partial charge in [0.15, 0.2) is 5.16 Å². The van der Waals surface area contributed by atoms with Gasteiger partial charge in [-0.25, -0.2) is 0 Å². The van der Waals surface area contributed by atoms with E-state index >= 15 is 0 Å². The van der Waals surface area contributed by atoms with Gasteiger partial charge >= 0.3 is 0 Å². The molecular weight excluding hydrogens is 280 g/mol. The van der Waals surface area contributed by atoms with Crippen LogP contribution in [-0.4, -0.2) is 14.8 Å². The second-order valence-electron chi connectivity index (χ2n) is 6.03. The monoisotopic (exact) mass is 300 g/mol. The van der Waals surface area contributed by atoms with E-state index in [0.29, 0.717) is 18.5 Å². The highest BCUT2D eigenvalue weighted by atomic mass is 32.2. The first-order chi connectivity index (χ1) is 10.3. The minimum absolute atomic E-state index is 0.605. The molecule has 21 heavy (non-hydrogen) atoms. The van der Waals surface area contributed by atoms with Gasteiger partial charge in [-0.15, -0.1) is 10.2 Å². The van der Waals surface area contributed by atoms with E-state index in [1.165, 1.54) is 42.6 Å². The Morgan fingerprint density at radius 2 is 1.76 bits per heavy atom. The topological polar surface area (TPSA) is 56.7 Å². The maximum atomic E-state index is 5.64.